The Morgan fingerprint density at radius 1 is 1.26 bits per heavy atom. The third-order valence-corrected chi connectivity index (χ3v) is 6.14. The fourth-order valence-electron chi connectivity index (χ4n) is 4.65. The molecule has 1 aromatic carbocycles. The molecular formula is C21H28N4O2. The van der Waals surface area contributed by atoms with Gasteiger partial charge in [0.1, 0.15) is 17.9 Å². The molecule has 4 rings (SSSR count). The zero-order valence-corrected chi connectivity index (χ0v) is 16.0. The van der Waals surface area contributed by atoms with Crippen LogP contribution in [0.5, 0.6) is 5.75 Å². The van der Waals surface area contributed by atoms with Crippen LogP contribution in [0.1, 0.15) is 55.5 Å². The molecule has 0 bridgehead atoms. The maximum absolute atomic E-state index is 13.1. The number of rotatable bonds is 5. The molecule has 0 spiro atoms. The summed E-state index contributed by atoms with van der Waals surface area (Å²) < 4.78 is 5.39. The summed E-state index contributed by atoms with van der Waals surface area (Å²) in [7, 11) is 1.69. The van der Waals surface area contributed by atoms with Crippen LogP contribution < -0.4 is 4.74 Å². The highest BCUT2D eigenvalue weighted by atomic mass is 16.5. The largest absolute Gasteiger partial charge is 0.497 e. The predicted octanol–water partition coefficient (Wildman–Crippen LogP) is 3.28. The van der Waals surface area contributed by atoms with Crippen molar-refractivity contribution in [2.45, 2.75) is 64.0 Å². The summed E-state index contributed by atoms with van der Waals surface area (Å²) in [4.78, 5) is 19.4. The van der Waals surface area contributed by atoms with Crippen LogP contribution in [0.4, 0.5) is 0 Å². The van der Waals surface area contributed by atoms with Gasteiger partial charge in [0, 0.05) is 25.4 Å². The molecule has 1 aromatic heterocycles. The molecule has 2 aliphatic rings. The fourth-order valence-corrected chi connectivity index (χ4v) is 4.65. The van der Waals surface area contributed by atoms with E-state index in [0.717, 1.165) is 18.0 Å². The number of hydrogen-bond acceptors (Lipinski definition) is 4. The molecule has 2 heterocycles. The Hall–Kier alpha value is -2.37. The number of aromatic amines is 1. The highest BCUT2D eigenvalue weighted by Gasteiger charge is 2.35. The van der Waals surface area contributed by atoms with E-state index in [9.17, 15) is 4.79 Å². The highest BCUT2D eigenvalue weighted by molar-refractivity contribution is 5.77. The first-order chi connectivity index (χ1) is 13.2. The van der Waals surface area contributed by atoms with Gasteiger partial charge in [0.2, 0.25) is 5.91 Å². The second-order valence-electron chi connectivity index (χ2n) is 7.76. The van der Waals surface area contributed by atoms with Crippen molar-refractivity contribution in [2.75, 3.05) is 7.11 Å². The van der Waals surface area contributed by atoms with Crippen molar-refractivity contribution in [1.29, 1.82) is 0 Å². The van der Waals surface area contributed by atoms with Crippen LogP contribution in [0.25, 0.3) is 0 Å². The molecule has 1 unspecified atom stereocenters. The van der Waals surface area contributed by atoms with E-state index in [1.807, 2.05) is 6.07 Å². The van der Waals surface area contributed by atoms with E-state index in [4.69, 9.17) is 4.74 Å². The van der Waals surface area contributed by atoms with Crippen molar-refractivity contribution in [3.63, 3.8) is 0 Å². The summed E-state index contributed by atoms with van der Waals surface area (Å²) in [6.45, 7) is 0.683. The van der Waals surface area contributed by atoms with Gasteiger partial charge < -0.3 is 9.64 Å². The van der Waals surface area contributed by atoms with Crippen LogP contribution in [0, 0.1) is 5.92 Å². The summed E-state index contributed by atoms with van der Waals surface area (Å²) in [6, 6.07) is 6.62. The van der Waals surface area contributed by atoms with E-state index in [0.29, 0.717) is 31.3 Å². The summed E-state index contributed by atoms with van der Waals surface area (Å²) in [6.07, 6.45) is 9.91. The maximum atomic E-state index is 13.1. The molecular weight excluding hydrogens is 340 g/mol. The Morgan fingerprint density at radius 2 is 2.11 bits per heavy atom. The average Bonchev–Trinajstić information content (AvgIpc) is 3.25. The number of carbonyl (C=O) groups is 1. The lowest BCUT2D eigenvalue weighted by Gasteiger charge is -2.43. The summed E-state index contributed by atoms with van der Waals surface area (Å²) >= 11 is 0. The van der Waals surface area contributed by atoms with E-state index in [2.05, 4.69) is 32.2 Å². The number of nitrogens with one attached hydrogen (secondary N) is 1. The number of methoxy groups -OCH3 is 1. The molecule has 0 radical (unpaired) electrons. The standard InChI is InChI=1S/C21H28N4O2/c1-27-18-8-7-16-12-19(15-5-3-2-4-6-15)25(13-17(16)11-18)21(26)10-9-20-22-14-23-24-20/h7-8,11,14-15,19H,2-6,9-10,12-13H2,1H3,(H,22,23,24). The second-order valence-corrected chi connectivity index (χ2v) is 7.76. The number of amides is 1. The van der Waals surface area contributed by atoms with Crippen LogP contribution in [0.2, 0.25) is 0 Å². The van der Waals surface area contributed by atoms with Gasteiger partial charge in [0.15, 0.2) is 0 Å². The number of hydrogen-bond donors (Lipinski definition) is 1. The molecule has 0 saturated heterocycles. The van der Waals surface area contributed by atoms with Gasteiger partial charge in [-0.2, -0.15) is 5.10 Å². The molecule has 1 N–H and O–H groups in total. The van der Waals surface area contributed by atoms with Crippen molar-refractivity contribution < 1.29 is 9.53 Å². The van der Waals surface area contributed by atoms with E-state index in [-0.39, 0.29) is 5.91 Å². The van der Waals surface area contributed by atoms with Gasteiger partial charge in [-0.15, -0.1) is 0 Å². The van der Waals surface area contributed by atoms with Crippen LogP contribution in [-0.4, -0.2) is 39.1 Å². The Labute approximate surface area is 160 Å². The van der Waals surface area contributed by atoms with Gasteiger partial charge in [0.25, 0.3) is 0 Å². The molecule has 1 fully saturated rings. The number of fused-ring (bicyclic) bond motifs is 1. The van der Waals surface area contributed by atoms with Crippen LogP contribution in [0.3, 0.4) is 0 Å². The SMILES string of the molecule is COc1ccc2c(c1)CN(C(=O)CCc1ncn[nH]1)C(C1CCCCC1)C2. The lowest BCUT2D eigenvalue weighted by atomic mass is 9.78. The number of H-pyrrole nitrogens is 1. The van der Waals surface area contributed by atoms with Gasteiger partial charge in [-0.05, 0) is 48.4 Å². The normalized spacial score (nSPS) is 20.3. The Balaban J connectivity index is 1.55. The van der Waals surface area contributed by atoms with Crippen molar-refractivity contribution in [2.24, 2.45) is 5.92 Å². The smallest absolute Gasteiger partial charge is 0.223 e. The zero-order chi connectivity index (χ0) is 18.6. The number of carbonyl (C=O) groups excluding carboxylic acids is 1. The summed E-state index contributed by atoms with van der Waals surface area (Å²) in [5.74, 6) is 2.47. The van der Waals surface area contributed by atoms with E-state index in [1.54, 1.807) is 7.11 Å². The highest BCUT2D eigenvalue weighted by Crippen LogP contribution is 2.36. The molecule has 27 heavy (non-hydrogen) atoms. The van der Waals surface area contributed by atoms with E-state index in [1.165, 1.54) is 49.6 Å². The summed E-state index contributed by atoms with van der Waals surface area (Å²) in [5, 5.41) is 6.73. The van der Waals surface area contributed by atoms with E-state index >= 15 is 0 Å². The number of nitrogens with zero attached hydrogens (tertiary/aromatic N) is 3. The number of aryl methyl sites for hydroxylation is 1. The minimum Gasteiger partial charge on any atom is -0.497 e. The Bertz CT molecular complexity index is 768. The first-order valence-corrected chi connectivity index (χ1v) is 10.0. The maximum Gasteiger partial charge on any atom is 0.223 e. The van der Waals surface area contributed by atoms with Crippen molar-refractivity contribution in [3.05, 3.63) is 41.5 Å². The molecule has 1 amide bonds. The Morgan fingerprint density at radius 3 is 2.85 bits per heavy atom. The monoisotopic (exact) mass is 368 g/mol. The van der Waals surface area contributed by atoms with Crippen molar-refractivity contribution in [1.82, 2.24) is 20.1 Å². The van der Waals surface area contributed by atoms with Crippen LogP contribution in [-0.2, 0) is 24.2 Å². The van der Waals surface area contributed by atoms with E-state index < -0.39 is 0 Å². The first-order valence-electron chi connectivity index (χ1n) is 10.0. The minimum absolute atomic E-state index is 0.218. The average molecular weight is 368 g/mol. The lowest BCUT2D eigenvalue weighted by molar-refractivity contribution is -0.136. The zero-order valence-electron chi connectivity index (χ0n) is 16.0. The molecule has 1 aliphatic heterocycles. The number of benzene rings is 1. The molecule has 1 atom stereocenters. The van der Waals surface area contributed by atoms with Crippen LogP contribution in [0.15, 0.2) is 24.5 Å². The topological polar surface area (TPSA) is 71.1 Å². The molecule has 2 aromatic rings. The van der Waals surface area contributed by atoms with Gasteiger partial charge in [0.05, 0.1) is 7.11 Å². The van der Waals surface area contributed by atoms with Gasteiger partial charge in [-0.1, -0.05) is 25.3 Å². The quantitative estimate of drug-likeness (QED) is 0.879. The van der Waals surface area contributed by atoms with Crippen LogP contribution >= 0.6 is 0 Å². The minimum atomic E-state index is 0.218. The molecule has 6 heteroatoms. The molecule has 1 saturated carbocycles. The van der Waals surface area contributed by atoms with Gasteiger partial charge in [-0.3, -0.25) is 9.89 Å². The first kappa shape index (κ1) is 18.0. The molecule has 1 aliphatic carbocycles. The third-order valence-electron chi connectivity index (χ3n) is 6.14. The Kier molecular flexibility index (Phi) is 5.41. The molecule has 6 nitrogen and oxygen atoms in total. The lowest BCUT2D eigenvalue weighted by Crippen LogP contribution is -2.48. The predicted molar refractivity (Wildman–Crippen MR) is 102 cm³/mol. The fraction of sp³-hybridized carbons (Fsp3) is 0.571. The third kappa shape index (κ3) is 3.99. The second kappa shape index (κ2) is 8.11. The molecule has 144 valence electrons. The van der Waals surface area contributed by atoms with Gasteiger partial charge in [-0.25, -0.2) is 4.98 Å². The number of aromatic nitrogens is 3. The van der Waals surface area contributed by atoms with Crippen molar-refractivity contribution in [3.8, 4) is 5.75 Å². The van der Waals surface area contributed by atoms with Gasteiger partial charge >= 0.3 is 0 Å². The summed E-state index contributed by atoms with van der Waals surface area (Å²) in [5.41, 5.74) is 2.58. The van der Waals surface area contributed by atoms with Crippen molar-refractivity contribution >= 4 is 5.91 Å². The number of ether oxygens (including phenoxy) is 1.